The molecule has 5 nitrogen and oxygen atoms in total. The lowest BCUT2D eigenvalue weighted by molar-refractivity contribution is 0.0948. The smallest absolute Gasteiger partial charge is 0.251 e. The highest BCUT2D eigenvalue weighted by molar-refractivity contribution is 5.94. The van der Waals surface area contributed by atoms with E-state index < -0.39 is 0 Å². The highest BCUT2D eigenvalue weighted by Gasteiger charge is 2.23. The molecule has 0 radical (unpaired) electrons. The van der Waals surface area contributed by atoms with Crippen molar-refractivity contribution in [2.24, 2.45) is 5.92 Å². The van der Waals surface area contributed by atoms with Gasteiger partial charge in [0.2, 0.25) is 0 Å². The Hall–Kier alpha value is -2.69. The predicted octanol–water partition coefficient (Wildman–Crippen LogP) is 2.96. The number of hydrogen-bond donors (Lipinski definition) is 1. The Labute approximate surface area is 148 Å². The summed E-state index contributed by atoms with van der Waals surface area (Å²) in [5.74, 6) is 1.95. The van der Waals surface area contributed by atoms with Gasteiger partial charge in [0, 0.05) is 37.0 Å². The van der Waals surface area contributed by atoms with Crippen molar-refractivity contribution in [3.8, 4) is 11.5 Å². The molecule has 1 heterocycles. The minimum absolute atomic E-state index is 0.0567. The van der Waals surface area contributed by atoms with Crippen LogP contribution in [0.5, 0.6) is 11.5 Å². The van der Waals surface area contributed by atoms with Gasteiger partial charge >= 0.3 is 0 Å². The molecular formula is C20H24N2O3. The average molecular weight is 340 g/mol. The number of rotatable bonds is 6. The number of carbonyl (C=O) groups excluding carboxylic acids is 1. The first-order valence-corrected chi connectivity index (χ1v) is 8.51. The van der Waals surface area contributed by atoms with Crippen molar-refractivity contribution < 1.29 is 14.3 Å². The van der Waals surface area contributed by atoms with Crippen LogP contribution < -0.4 is 19.7 Å². The SMILES string of the molecule is COc1cccc(C(=O)NCC2CCN(c3cccc(OC)c3)C2)c1. The molecule has 0 saturated carbocycles. The van der Waals surface area contributed by atoms with Crippen LogP contribution in [-0.2, 0) is 0 Å². The van der Waals surface area contributed by atoms with Crippen LogP contribution >= 0.6 is 0 Å². The first-order chi connectivity index (χ1) is 12.2. The van der Waals surface area contributed by atoms with Crippen LogP contribution in [0.1, 0.15) is 16.8 Å². The van der Waals surface area contributed by atoms with Gasteiger partial charge in [0.1, 0.15) is 11.5 Å². The summed E-state index contributed by atoms with van der Waals surface area (Å²) in [4.78, 5) is 14.6. The van der Waals surface area contributed by atoms with Gasteiger partial charge in [-0.2, -0.15) is 0 Å². The van der Waals surface area contributed by atoms with Crippen LogP contribution in [0, 0.1) is 5.92 Å². The maximum absolute atomic E-state index is 12.3. The largest absolute Gasteiger partial charge is 0.497 e. The second kappa shape index (κ2) is 7.92. The van der Waals surface area contributed by atoms with Crippen LogP contribution in [0.25, 0.3) is 0 Å². The molecule has 25 heavy (non-hydrogen) atoms. The fourth-order valence-electron chi connectivity index (χ4n) is 3.14. The van der Waals surface area contributed by atoms with Gasteiger partial charge in [-0.05, 0) is 42.7 Å². The fraction of sp³-hybridized carbons (Fsp3) is 0.350. The predicted molar refractivity (Wildman–Crippen MR) is 98.6 cm³/mol. The van der Waals surface area contributed by atoms with Crippen LogP contribution in [0.3, 0.4) is 0 Å². The molecule has 5 heteroatoms. The number of carbonyl (C=O) groups is 1. The van der Waals surface area contributed by atoms with Gasteiger partial charge in [-0.15, -0.1) is 0 Å². The number of ether oxygens (including phenoxy) is 2. The van der Waals surface area contributed by atoms with Gasteiger partial charge in [-0.3, -0.25) is 4.79 Å². The van der Waals surface area contributed by atoms with E-state index in [9.17, 15) is 4.79 Å². The summed E-state index contributed by atoms with van der Waals surface area (Å²) in [5.41, 5.74) is 1.79. The first-order valence-electron chi connectivity index (χ1n) is 8.51. The van der Waals surface area contributed by atoms with Gasteiger partial charge in [0.25, 0.3) is 5.91 Å². The lowest BCUT2D eigenvalue weighted by atomic mass is 10.1. The zero-order valence-corrected chi connectivity index (χ0v) is 14.7. The van der Waals surface area contributed by atoms with Gasteiger partial charge in [0.15, 0.2) is 0 Å². The molecule has 1 aliphatic rings. The third kappa shape index (κ3) is 4.24. The summed E-state index contributed by atoms with van der Waals surface area (Å²) in [6.07, 6.45) is 1.07. The van der Waals surface area contributed by atoms with Crippen molar-refractivity contribution in [2.75, 3.05) is 38.8 Å². The van der Waals surface area contributed by atoms with Crippen molar-refractivity contribution in [3.63, 3.8) is 0 Å². The van der Waals surface area contributed by atoms with Crippen LogP contribution in [0.15, 0.2) is 48.5 Å². The van der Waals surface area contributed by atoms with Gasteiger partial charge in [-0.1, -0.05) is 12.1 Å². The summed E-state index contributed by atoms with van der Waals surface area (Å²) in [6, 6.07) is 15.3. The van der Waals surface area contributed by atoms with E-state index in [0.29, 0.717) is 23.8 Å². The van der Waals surface area contributed by atoms with Crippen LogP contribution in [0.4, 0.5) is 5.69 Å². The summed E-state index contributed by atoms with van der Waals surface area (Å²) in [7, 11) is 3.28. The van der Waals surface area contributed by atoms with E-state index in [-0.39, 0.29) is 5.91 Å². The minimum Gasteiger partial charge on any atom is -0.497 e. The summed E-state index contributed by atoms with van der Waals surface area (Å²) < 4.78 is 10.5. The number of nitrogens with one attached hydrogen (secondary N) is 1. The molecule has 2 aromatic carbocycles. The molecule has 1 saturated heterocycles. The number of benzene rings is 2. The Morgan fingerprint density at radius 3 is 2.60 bits per heavy atom. The summed E-state index contributed by atoms with van der Waals surface area (Å²) in [6.45, 7) is 2.61. The molecule has 0 aromatic heterocycles. The van der Waals surface area contributed by atoms with Crippen LogP contribution in [-0.4, -0.2) is 39.8 Å². The van der Waals surface area contributed by atoms with E-state index in [2.05, 4.69) is 22.3 Å². The molecule has 1 fully saturated rings. The number of hydrogen-bond acceptors (Lipinski definition) is 4. The molecule has 1 atom stereocenters. The third-order valence-corrected chi connectivity index (χ3v) is 4.59. The number of nitrogens with zero attached hydrogens (tertiary/aromatic N) is 1. The van der Waals surface area contributed by atoms with Crippen LogP contribution in [0.2, 0.25) is 0 Å². The standard InChI is InChI=1S/C20H24N2O3/c1-24-18-7-3-5-16(11-18)20(23)21-13-15-9-10-22(14-15)17-6-4-8-19(12-17)25-2/h3-8,11-12,15H,9-10,13-14H2,1-2H3,(H,21,23). The molecule has 1 amide bonds. The second-order valence-electron chi connectivity index (χ2n) is 6.24. The Morgan fingerprint density at radius 2 is 1.84 bits per heavy atom. The molecule has 0 spiro atoms. The van der Waals surface area contributed by atoms with Crippen molar-refractivity contribution in [3.05, 3.63) is 54.1 Å². The normalized spacial score (nSPS) is 16.6. The Bertz CT molecular complexity index is 732. The minimum atomic E-state index is -0.0567. The molecule has 132 valence electrons. The molecule has 2 aromatic rings. The number of amides is 1. The molecule has 1 aliphatic heterocycles. The van der Waals surface area contributed by atoms with Crippen molar-refractivity contribution in [2.45, 2.75) is 6.42 Å². The molecule has 1 N–H and O–H groups in total. The highest BCUT2D eigenvalue weighted by Crippen LogP contribution is 2.26. The Balaban J connectivity index is 1.53. The lowest BCUT2D eigenvalue weighted by Gasteiger charge is -2.19. The molecule has 0 bridgehead atoms. The fourth-order valence-corrected chi connectivity index (χ4v) is 3.14. The van der Waals surface area contributed by atoms with Gasteiger partial charge < -0.3 is 19.7 Å². The Morgan fingerprint density at radius 1 is 1.12 bits per heavy atom. The second-order valence-corrected chi connectivity index (χ2v) is 6.24. The molecular weight excluding hydrogens is 316 g/mol. The zero-order valence-electron chi connectivity index (χ0n) is 14.7. The van der Waals surface area contributed by atoms with Crippen molar-refractivity contribution in [1.29, 1.82) is 0 Å². The monoisotopic (exact) mass is 340 g/mol. The van der Waals surface area contributed by atoms with E-state index in [0.717, 1.165) is 25.3 Å². The Kier molecular flexibility index (Phi) is 5.43. The van der Waals surface area contributed by atoms with E-state index in [1.165, 1.54) is 5.69 Å². The van der Waals surface area contributed by atoms with E-state index in [4.69, 9.17) is 9.47 Å². The topological polar surface area (TPSA) is 50.8 Å². The number of methoxy groups -OCH3 is 2. The van der Waals surface area contributed by atoms with Crippen molar-refractivity contribution in [1.82, 2.24) is 5.32 Å². The van der Waals surface area contributed by atoms with E-state index in [1.807, 2.05) is 24.3 Å². The first kappa shape index (κ1) is 17.1. The lowest BCUT2D eigenvalue weighted by Crippen LogP contribution is -2.31. The molecule has 0 aliphatic carbocycles. The summed E-state index contributed by atoms with van der Waals surface area (Å²) >= 11 is 0. The maximum Gasteiger partial charge on any atom is 0.251 e. The summed E-state index contributed by atoms with van der Waals surface area (Å²) in [5, 5.41) is 3.04. The third-order valence-electron chi connectivity index (χ3n) is 4.59. The van der Waals surface area contributed by atoms with Gasteiger partial charge in [0.05, 0.1) is 14.2 Å². The van der Waals surface area contributed by atoms with E-state index >= 15 is 0 Å². The molecule has 3 rings (SSSR count). The van der Waals surface area contributed by atoms with E-state index in [1.54, 1.807) is 26.4 Å². The highest BCUT2D eigenvalue weighted by atomic mass is 16.5. The number of anilines is 1. The quantitative estimate of drug-likeness (QED) is 0.878. The zero-order chi connectivity index (χ0) is 17.6. The molecule has 1 unspecified atom stereocenters. The maximum atomic E-state index is 12.3. The average Bonchev–Trinajstić information content (AvgIpc) is 3.15. The van der Waals surface area contributed by atoms with Crippen molar-refractivity contribution >= 4 is 11.6 Å². The van der Waals surface area contributed by atoms with Gasteiger partial charge in [-0.25, -0.2) is 0 Å².